The van der Waals surface area contributed by atoms with Crippen molar-refractivity contribution in [2.75, 3.05) is 6.54 Å². The average Bonchev–Trinajstić information content (AvgIpc) is 3.07. The molecule has 0 saturated heterocycles. The summed E-state index contributed by atoms with van der Waals surface area (Å²) in [7, 11) is 0. The van der Waals surface area contributed by atoms with Crippen LogP contribution in [0.3, 0.4) is 0 Å². The number of rotatable bonds is 5. The lowest BCUT2D eigenvalue weighted by Crippen LogP contribution is -2.18. The molecule has 2 heteroatoms. The third-order valence-corrected chi connectivity index (χ3v) is 3.52. The van der Waals surface area contributed by atoms with E-state index in [2.05, 4.69) is 47.3 Å². The van der Waals surface area contributed by atoms with Gasteiger partial charge in [0.1, 0.15) is 0 Å². The van der Waals surface area contributed by atoms with Crippen molar-refractivity contribution in [3.05, 3.63) is 36.0 Å². The van der Waals surface area contributed by atoms with Gasteiger partial charge in [-0.3, -0.25) is 0 Å². The van der Waals surface area contributed by atoms with Gasteiger partial charge in [-0.2, -0.15) is 0 Å². The predicted molar refractivity (Wildman–Crippen MR) is 72.3 cm³/mol. The number of nitrogens with one attached hydrogen (secondary N) is 1. The van der Waals surface area contributed by atoms with E-state index in [1.807, 2.05) is 0 Å². The Morgan fingerprint density at radius 2 is 2.18 bits per heavy atom. The second-order valence-corrected chi connectivity index (χ2v) is 5.15. The van der Waals surface area contributed by atoms with Crippen LogP contribution in [0.25, 0.3) is 10.9 Å². The van der Waals surface area contributed by atoms with Crippen LogP contribution in [0.2, 0.25) is 0 Å². The van der Waals surface area contributed by atoms with Gasteiger partial charge in [0.05, 0.1) is 0 Å². The lowest BCUT2D eigenvalue weighted by molar-refractivity contribution is 0.588. The van der Waals surface area contributed by atoms with E-state index in [0.717, 1.165) is 19.1 Å². The zero-order chi connectivity index (χ0) is 11.7. The van der Waals surface area contributed by atoms with Gasteiger partial charge in [0.25, 0.3) is 0 Å². The zero-order valence-corrected chi connectivity index (χ0v) is 10.4. The normalized spacial score (nSPS) is 15.6. The fraction of sp³-hybridized carbons (Fsp3) is 0.467. The molecule has 1 aromatic carbocycles. The topological polar surface area (TPSA) is 17.0 Å². The maximum absolute atomic E-state index is 3.57. The molecule has 1 fully saturated rings. The van der Waals surface area contributed by atoms with Crippen molar-refractivity contribution in [2.45, 2.75) is 38.8 Å². The number of aromatic nitrogens is 1. The summed E-state index contributed by atoms with van der Waals surface area (Å²) in [5.41, 5.74) is 2.71. The minimum atomic E-state index is 0.832. The molecule has 3 rings (SSSR count). The molecular formula is C15H20N2. The van der Waals surface area contributed by atoms with Crippen LogP contribution in [0.5, 0.6) is 0 Å². The van der Waals surface area contributed by atoms with Crippen LogP contribution in [0.15, 0.2) is 30.5 Å². The van der Waals surface area contributed by atoms with Gasteiger partial charge in [-0.25, -0.2) is 0 Å². The fourth-order valence-corrected chi connectivity index (χ4v) is 2.33. The second kappa shape index (κ2) is 4.53. The standard InChI is InChI=1S/C15H20N2/c1-12-3-4-13-7-10-17(15(13)11-12)9-2-8-16-14-5-6-14/h3-4,7,10-11,14,16H,2,5-6,8-9H2,1H3. The second-order valence-electron chi connectivity index (χ2n) is 5.15. The molecule has 2 aromatic rings. The molecule has 0 radical (unpaired) electrons. The molecule has 1 aliphatic rings. The first kappa shape index (κ1) is 10.8. The minimum Gasteiger partial charge on any atom is -0.347 e. The average molecular weight is 228 g/mol. The number of nitrogens with zero attached hydrogens (tertiary/aromatic N) is 1. The van der Waals surface area contributed by atoms with Crippen LogP contribution >= 0.6 is 0 Å². The summed E-state index contributed by atoms with van der Waals surface area (Å²) in [6.07, 6.45) is 6.19. The van der Waals surface area contributed by atoms with Crippen LogP contribution in [0.1, 0.15) is 24.8 Å². The van der Waals surface area contributed by atoms with Crippen molar-refractivity contribution in [3.8, 4) is 0 Å². The smallest absolute Gasteiger partial charge is 0.0482 e. The number of hydrogen-bond donors (Lipinski definition) is 1. The van der Waals surface area contributed by atoms with Crippen LogP contribution < -0.4 is 5.32 Å². The van der Waals surface area contributed by atoms with Crippen molar-refractivity contribution in [2.24, 2.45) is 0 Å². The molecule has 2 nitrogen and oxygen atoms in total. The molecular weight excluding hydrogens is 208 g/mol. The Kier molecular flexibility index (Phi) is 2.89. The highest BCUT2D eigenvalue weighted by Gasteiger charge is 2.19. The molecule has 1 N–H and O–H groups in total. The van der Waals surface area contributed by atoms with E-state index in [1.165, 1.54) is 35.7 Å². The van der Waals surface area contributed by atoms with E-state index in [9.17, 15) is 0 Å². The molecule has 0 amide bonds. The Labute approximate surface area is 103 Å². The van der Waals surface area contributed by atoms with E-state index in [-0.39, 0.29) is 0 Å². The highest BCUT2D eigenvalue weighted by molar-refractivity contribution is 5.80. The Bertz CT molecular complexity index is 509. The molecule has 0 unspecified atom stereocenters. The molecule has 0 aliphatic heterocycles. The predicted octanol–water partition coefficient (Wildman–Crippen LogP) is 3.09. The molecule has 90 valence electrons. The van der Waals surface area contributed by atoms with E-state index in [0.29, 0.717) is 0 Å². The SMILES string of the molecule is Cc1ccc2ccn(CCCNC3CC3)c2c1. The maximum Gasteiger partial charge on any atom is 0.0482 e. The van der Waals surface area contributed by atoms with Gasteiger partial charge in [0, 0.05) is 24.3 Å². The molecule has 0 spiro atoms. The lowest BCUT2D eigenvalue weighted by Gasteiger charge is -2.06. The molecule has 1 saturated carbocycles. The zero-order valence-electron chi connectivity index (χ0n) is 10.4. The Hall–Kier alpha value is -1.28. The summed E-state index contributed by atoms with van der Waals surface area (Å²) in [5, 5.41) is 4.92. The van der Waals surface area contributed by atoms with Crippen LogP contribution in [-0.4, -0.2) is 17.2 Å². The first-order valence-corrected chi connectivity index (χ1v) is 6.62. The van der Waals surface area contributed by atoms with Gasteiger partial charge < -0.3 is 9.88 Å². The highest BCUT2D eigenvalue weighted by Crippen LogP contribution is 2.19. The maximum atomic E-state index is 3.57. The highest BCUT2D eigenvalue weighted by atomic mass is 15.0. The van der Waals surface area contributed by atoms with Gasteiger partial charge in [0.15, 0.2) is 0 Å². The number of benzene rings is 1. The van der Waals surface area contributed by atoms with Crippen LogP contribution in [0, 0.1) is 6.92 Å². The summed E-state index contributed by atoms with van der Waals surface area (Å²) >= 11 is 0. The van der Waals surface area contributed by atoms with Gasteiger partial charge in [-0.1, -0.05) is 12.1 Å². The summed E-state index contributed by atoms with van der Waals surface area (Å²) in [4.78, 5) is 0. The Morgan fingerprint density at radius 3 is 3.00 bits per heavy atom. The van der Waals surface area contributed by atoms with E-state index in [4.69, 9.17) is 0 Å². The number of aryl methyl sites for hydroxylation is 2. The monoisotopic (exact) mass is 228 g/mol. The van der Waals surface area contributed by atoms with Gasteiger partial charge in [-0.15, -0.1) is 0 Å². The third kappa shape index (κ3) is 2.52. The molecule has 0 bridgehead atoms. The van der Waals surface area contributed by atoms with Gasteiger partial charge in [0.2, 0.25) is 0 Å². The van der Waals surface area contributed by atoms with Gasteiger partial charge in [-0.05, 0) is 55.8 Å². The summed E-state index contributed by atoms with van der Waals surface area (Å²) in [6, 6.07) is 9.72. The molecule has 17 heavy (non-hydrogen) atoms. The van der Waals surface area contributed by atoms with Crippen molar-refractivity contribution in [3.63, 3.8) is 0 Å². The molecule has 1 aromatic heterocycles. The minimum absolute atomic E-state index is 0.832. The third-order valence-electron chi connectivity index (χ3n) is 3.52. The van der Waals surface area contributed by atoms with Crippen molar-refractivity contribution < 1.29 is 0 Å². The molecule has 1 heterocycles. The number of hydrogen-bond acceptors (Lipinski definition) is 1. The Morgan fingerprint density at radius 1 is 1.29 bits per heavy atom. The van der Waals surface area contributed by atoms with E-state index in [1.54, 1.807) is 0 Å². The van der Waals surface area contributed by atoms with Crippen molar-refractivity contribution >= 4 is 10.9 Å². The largest absolute Gasteiger partial charge is 0.347 e. The van der Waals surface area contributed by atoms with E-state index < -0.39 is 0 Å². The van der Waals surface area contributed by atoms with Gasteiger partial charge >= 0.3 is 0 Å². The van der Waals surface area contributed by atoms with Crippen LogP contribution in [-0.2, 0) is 6.54 Å². The van der Waals surface area contributed by atoms with Crippen LogP contribution in [0.4, 0.5) is 0 Å². The summed E-state index contributed by atoms with van der Waals surface area (Å²) in [5.74, 6) is 0. The first-order chi connectivity index (χ1) is 8.33. The van der Waals surface area contributed by atoms with Crippen molar-refractivity contribution in [1.82, 2.24) is 9.88 Å². The first-order valence-electron chi connectivity index (χ1n) is 6.62. The molecule has 1 aliphatic carbocycles. The lowest BCUT2D eigenvalue weighted by atomic mass is 10.2. The number of fused-ring (bicyclic) bond motifs is 1. The summed E-state index contributed by atoms with van der Waals surface area (Å²) in [6.45, 7) is 4.42. The Balaban J connectivity index is 1.64. The quantitative estimate of drug-likeness (QED) is 0.778. The van der Waals surface area contributed by atoms with E-state index >= 15 is 0 Å². The van der Waals surface area contributed by atoms with Crippen molar-refractivity contribution in [1.29, 1.82) is 0 Å². The summed E-state index contributed by atoms with van der Waals surface area (Å²) < 4.78 is 2.37. The molecule has 0 atom stereocenters. The fourth-order valence-electron chi connectivity index (χ4n) is 2.33.